The Morgan fingerprint density at radius 2 is 2.15 bits per heavy atom. The number of H-pyrrole nitrogens is 1. The normalized spacial score (nSPS) is 11.0. The van der Waals surface area contributed by atoms with Crippen LogP contribution < -0.4 is 10.6 Å². The predicted molar refractivity (Wildman–Crippen MR) is 109 cm³/mol. The van der Waals surface area contributed by atoms with Crippen LogP contribution in [0.5, 0.6) is 0 Å². The molecule has 0 atom stereocenters. The Morgan fingerprint density at radius 3 is 2.96 bits per heavy atom. The first-order valence-electron chi connectivity index (χ1n) is 8.72. The minimum atomic E-state index is -0.233. The second kappa shape index (κ2) is 7.69. The van der Waals surface area contributed by atoms with Crippen LogP contribution in [0.2, 0.25) is 0 Å². The maximum Gasteiger partial charge on any atom is 0.276 e. The van der Waals surface area contributed by atoms with E-state index in [1.165, 1.54) is 0 Å². The van der Waals surface area contributed by atoms with Crippen molar-refractivity contribution < 1.29 is 4.79 Å². The number of fused-ring (bicyclic) bond motifs is 1. The number of rotatable bonds is 6. The van der Waals surface area contributed by atoms with Crippen molar-refractivity contribution in [3.8, 4) is 10.4 Å². The van der Waals surface area contributed by atoms with Crippen molar-refractivity contribution in [1.82, 2.24) is 20.5 Å². The number of aromatic amines is 1. The second-order valence-corrected chi connectivity index (χ2v) is 7.02. The van der Waals surface area contributed by atoms with Crippen LogP contribution in [0.25, 0.3) is 21.3 Å². The first-order valence-corrected chi connectivity index (χ1v) is 9.60. The summed E-state index contributed by atoms with van der Waals surface area (Å²) in [4.78, 5) is 18.0. The lowest BCUT2D eigenvalue weighted by Crippen LogP contribution is -2.14. The van der Waals surface area contributed by atoms with E-state index in [4.69, 9.17) is 0 Å². The highest BCUT2D eigenvalue weighted by atomic mass is 32.1. The number of carbonyl (C=O) groups is 1. The average molecular weight is 377 g/mol. The third-order valence-corrected chi connectivity index (χ3v) is 5.08. The zero-order valence-corrected chi connectivity index (χ0v) is 15.6. The van der Waals surface area contributed by atoms with Gasteiger partial charge in [0, 0.05) is 23.8 Å². The van der Waals surface area contributed by atoms with Gasteiger partial charge in [-0.15, -0.1) is 11.3 Å². The first-order chi connectivity index (χ1) is 13.2. The minimum Gasteiger partial charge on any atom is -0.321 e. The fourth-order valence-corrected chi connectivity index (χ4v) is 3.54. The monoisotopic (exact) mass is 377 g/mol. The summed E-state index contributed by atoms with van der Waals surface area (Å²) in [5, 5.41) is 14.2. The number of benzene rings is 2. The van der Waals surface area contributed by atoms with E-state index in [2.05, 4.69) is 32.7 Å². The maximum atomic E-state index is 12.8. The summed E-state index contributed by atoms with van der Waals surface area (Å²) in [6.07, 6.45) is 1.82. The quantitative estimate of drug-likeness (QED) is 0.473. The van der Waals surface area contributed by atoms with Gasteiger partial charge in [0.25, 0.3) is 5.91 Å². The van der Waals surface area contributed by atoms with Gasteiger partial charge in [-0.25, -0.2) is 0 Å². The number of hydrogen-bond donors (Lipinski definition) is 3. The lowest BCUT2D eigenvalue weighted by atomic mass is 10.1. The van der Waals surface area contributed by atoms with Gasteiger partial charge in [-0.05, 0) is 41.9 Å². The average Bonchev–Trinajstić information content (AvgIpc) is 3.36. The molecular weight excluding hydrogens is 358 g/mol. The first kappa shape index (κ1) is 17.4. The third-order valence-electron chi connectivity index (χ3n) is 4.26. The molecule has 0 aliphatic heterocycles. The topological polar surface area (TPSA) is 82.7 Å². The van der Waals surface area contributed by atoms with Crippen molar-refractivity contribution in [1.29, 1.82) is 0 Å². The van der Waals surface area contributed by atoms with Gasteiger partial charge in [0.1, 0.15) is 0 Å². The van der Waals surface area contributed by atoms with Gasteiger partial charge in [0.15, 0.2) is 5.69 Å². The molecule has 6 nitrogen and oxygen atoms in total. The molecule has 2 aromatic heterocycles. The van der Waals surface area contributed by atoms with Crippen molar-refractivity contribution >= 4 is 33.8 Å². The summed E-state index contributed by atoms with van der Waals surface area (Å²) < 4.78 is 0. The number of nitrogens with one attached hydrogen (secondary N) is 3. The Hall–Kier alpha value is -3.03. The molecule has 0 radical (unpaired) electrons. The van der Waals surface area contributed by atoms with Crippen LogP contribution in [0.15, 0.2) is 54.2 Å². The van der Waals surface area contributed by atoms with Gasteiger partial charge in [-0.2, -0.15) is 5.10 Å². The van der Waals surface area contributed by atoms with Gasteiger partial charge < -0.3 is 10.6 Å². The third kappa shape index (κ3) is 3.74. The summed E-state index contributed by atoms with van der Waals surface area (Å²) in [6, 6.07) is 13.7. The molecule has 136 valence electrons. The Bertz CT molecular complexity index is 1070. The van der Waals surface area contributed by atoms with Crippen LogP contribution in [0.3, 0.4) is 0 Å². The molecule has 0 fully saturated rings. The van der Waals surface area contributed by atoms with Crippen LogP contribution in [-0.4, -0.2) is 27.6 Å². The smallest absolute Gasteiger partial charge is 0.276 e. The maximum absolute atomic E-state index is 12.8. The molecule has 4 aromatic rings. The van der Waals surface area contributed by atoms with Crippen LogP contribution >= 0.6 is 11.3 Å². The molecule has 0 saturated carbocycles. The SMILES string of the molecule is CCNCc1cccc(NC(=O)c2n[nH]c3ccc(-c4cncs4)cc23)c1. The van der Waals surface area contributed by atoms with Gasteiger partial charge in [-0.3, -0.25) is 14.9 Å². The number of aromatic nitrogens is 3. The van der Waals surface area contributed by atoms with Crippen molar-refractivity contribution in [3.63, 3.8) is 0 Å². The van der Waals surface area contributed by atoms with Gasteiger partial charge in [0.05, 0.1) is 15.9 Å². The van der Waals surface area contributed by atoms with Crippen molar-refractivity contribution in [2.45, 2.75) is 13.5 Å². The summed E-state index contributed by atoms with van der Waals surface area (Å²) in [5.74, 6) is -0.233. The molecule has 0 aliphatic carbocycles. The number of amides is 1. The Balaban J connectivity index is 1.60. The zero-order chi connectivity index (χ0) is 18.6. The van der Waals surface area contributed by atoms with E-state index in [9.17, 15) is 4.79 Å². The van der Waals surface area contributed by atoms with Gasteiger partial charge in [0.2, 0.25) is 0 Å². The Kier molecular flexibility index (Phi) is 4.95. The molecule has 3 N–H and O–H groups in total. The van der Waals surface area contributed by atoms with Gasteiger partial charge >= 0.3 is 0 Å². The molecule has 1 amide bonds. The molecule has 0 spiro atoms. The molecule has 0 aliphatic rings. The predicted octanol–water partition coefficient (Wildman–Crippen LogP) is 4.05. The van der Waals surface area contributed by atoms with Crippen molar-refractivity contribution in [3.05, 3.63) is 65.4 Å². The standard InChI is InChI=1S/C20H19N5OS/c1-2-21-10-13-4-3-5-15(8-13)23-20(26)19-16-9-14(18-11-22-12-27-18)6-7-17(16)24-25-19/h3-9,11-12,21H,2,10H2,1H3,(H,23,26)(H,24,25). The number of thiazole rings is 1. The van der Waals surface area contributed by atoms with Gasteiger partial charge in [-0.1, -0.05) is 25.1 Å². The van der Waals surface area contributed by atoms with E-state index in [1.54, 1.807) is 16.8 Å². The van der Waals surface area contributed by atoms with E-state index in [0.29, 0.717) is 5.69 Å². The summed E-state index contributed by atoms with van der Waals surface area (Å²) in [7, 11) is 0. The van der Waals surface area contributed by atoms with E-state index in [-0.39, 0.29) is 5.91 Å². The second-order valence-electron chi connectivity index (χ2n) is 6.13. The van der Waals surface area contributed by atoms with Crippen LogP contribution in [0.1, 0.15) is 23.0 Å². The van der Waals surface area contributed by atoms with Crippen molar-refractivity contribution in [2.24, 2.45) is 0 Å². The molecule has 0 unspecified atom stereocenters. The highest BCUT2D eigenvalue weighted by Gasteiger charge is 2.15. The number of nitrogens with zero attached hydrogens (tertiary/aromatic N) is 2. The molecular formula is C20H19N5OS. The molecule has 2 aromatic carbocycles. The number of anilines is 1. The highest BCUT2D eigenvalue weighted by molar-refractivity contribution is 7.13. The lowest BCUT2D eigenvalue weighted by Gasteiger charge is -2.07. The zero-order valence-electron chi connectivity index (χ0n) is 14.8. The van der Waals surface area contributed by atoms with E-state index >= 15 is 0 Å². The molecule has 27 heavy (non-hydrogen) atoms. The molecule has 0 saturated heterocycles. The fraction of sp³-hybridized carbons (Fsp3) is 0.150. The lowest BCUT2D eigenvalue weighted by molar-refractivity contribution is 0.102. The van der Waals surface area contributed by atoms with E-state index in [1.807, 2.05) is 48.7 Å². The summed E-state index contributed by atoms with van der Waals surface area (Å²) in [6.45, 7) is 3.73. The molecule has 2 heterocycles. The van der Waals surface area contributed by atoms with Crippen LogP contribution in [0.4, 0.5) is 5.69 Å². The fourth-order valence-electron chi connectivity index (χ4n) is 2.92. The number of hydrogen-bond acceptors (Lipinski definition) is 5. The highest BCUT2D eigenvalue weighted by Crippen LogP contribution is 2.28. The summed E-state index contributed by atoms with van der Waals surface area (Å²) >= 11 is 1.56. The van der Waals surface area contributed by atoms with Crippen LogP contribution in [-0.2, 0) is 6.54 Å². The van der Waals surface area contributed by atoms with E-state index < -0.39 is 0 Å². The largest absolute Gasteiger partial charge is 0.321 e. The molecule has 7 heteroatoms. The molecule has 4 rings (SSSR count). The van der Waals surface area contributed by atoms with Crippen molar-refractivity contribution in [2.75, 3.05) is 11.9 Å². The Labute approximate surface area is 160 Å². The van der Waals surface area contributed by atoms with Crippen LogP contribution in [0, 0.1) is 0 Å². The Morgan fingerprint density at radius 1 is 1.22 bits per heavy atom. The molecule has 0 bridgehead atoms. The van der Waals surface area contributed by atoms with E-state index in [0.717, 1.165) is 45.7 Å². The summed E-state index contributed by atoms with van der Waals surface area (Å²) in [5.41, 5.74) is 5.90. The minimum absolute atomic E-state index is 0.233. The number of carbonyl (C=O) groups excluding carboxylic acids is 1.